The first-order valence-electron chi connectivity index (χ1n) is 4.38. The van der Waals surface area contributed by atoms with E-state index in [2.05, 4.69) is 15.3 Å². The van der Waals surface area contributed by atoms with Crippen LogP contribution < -0.4 is 0 Å². The van der Waals surface area contributed by atoms with Crippen molar-refractivity contribution in [3.8, 4) is 0 Å². The maximum atomic E-state index is 8.82. The molecule has 0 aliphatic rings. The predicted octanol–water partition coefficient (Wildman–Crippen LogP) is 0.867. The van der Waals surface area contributed by atoms with Gasteiger partial charge in [0.25, 0.3) is 0 Å². The highest BCUT2D eigenvalue weighted by Gasteiger charge is 2.03. The second-order valence-electron chi connectivity index (χ2n) is 3.03. The second-order valence-corrected chi connectivity index (χ2v) is 3.44. The minimum absolute atomic E-state index is 0.107. The van der Waals surface area contributed by atoms with Crippen molar-refractivity contribution in [2.24, 2.45) is 0 Å². The number of hydrogen-bond donors (Lipinski definition) is 1. The van der Waals surface area contributed by atoms with E-state index >= 15 is 0 Å². The average Bonchev–Trinajstić information content (AvgIpc) is 2.69. The number of rotatable bonds is 3. The van der Waals surface area contributed by atoms with Gasteiger partial charge in [-0.15, -0.1) is 5.10 Å². The number of halogens is 1. The molecule has 0 amide bonds. The third-order valence-electron chi connectivity index (χ3n) is 1.94. The Balaban J connectivity index is 2.18. The molecule has 2 heterocycles. The summed E-state index contributed by atoms with van der Waals surface area (Å²) >= 11 is 5.94. The van der Waals surface area contributed by atoms with E-state index in [9.17, 15) is 0 Å². The van der Waals surface area contributed by atoms with Crippen LogP contribution in [0.3, 0.4) is 0 Å². The molecule has 5 nitrogen and oxygen atoms in total. The summed E-state index contributed by atoms with van der Waals surface area (Å²) < 4.78 is 1.62. The Labute approximate surface area is 91.3 Å². The minimum Gasteiger partial charge on any atom is -0.390 e. The molecule has 1 N–H and O–H groups in total. The molecule has 6 heteroatoms. The van der Waals surface area contributed by atoms with Gasteiger partial charge in [-0.3, -0.25) is 4.98 Å². The van der Waals surface area contributed by atoms with E-state index < -0.39 is 0 Å². The molecule has 2 rings (SSSR count). The molecule has 0 bridgehead atoms. The molecular formula is C9H9ClN4O. The zero-order chi connectivity index (χ0) is 10.7. The Morgan fingerprint density at radius 2 is 2.33 bits per heavy atom. The summed E-state index contributed by atoms with van der Waals surface area (Å²) in [6, 6.07) is 1.82. The van der Waals surface area contributed by atoms with E-state index in [4.69, 9.17) is 16.7 Å². The fraction of sp³-hybridized carbons (Fsp3) is 0.222. The van der Waals surface area contributed by atoms with Crippen LogP contribution in [-0.2, 0) is 13.2 Å². The van der Waals surface area contributed by atoms with Crippen LogP contribution in [0.2, 0.25) is 5.02 Å². The lowest BCUT2D eigenvalue weighted by molar-refractivity contribution is 0.276. The van der Waals surface area contributed by atoms with Crippen molar-refractivity contribution in [3.05, 3.63) is 40.9 Å². The smallest absolute Gasteiger partial charge is 0.108 e. The van der Waals surface area contributed by atoms with Crippen molar-refractivity contribution >= 4 is 11.6 Å². The maximum absolute atomic E-state index is 8.82. The zero-order valence-electron chi connectivity index (χ0n) is 7.84. The molecule has 0 radical (unpaired) electrons. The average molecular weight is 225 g/mol. The van der Waals surface area contributed by atoms with Crippen LogP contribution in [0.25, 0.3) is 0 Å². The highest BCUT2D eigenvalue weighted by Crippen LogP contribution is 2.14. The Morgan fingerprint density at radius 3 is 3.00 bits per heavy atom. The van der Waals surface area contributed by atoms with Gasteiger partial charge in [0, 0.05) is 12.4 Å². The lowest BCUT2D eigenvalue weighted by Crippen LogP contribution is -2.01. The monoisotopic (exact) mass is 224 g/mol. The van der Waals surface area contributed by atoms with Gasteiger partial charge in [0.05, 0.1) is 24.4 Å². The molecule has 0 fully saturated rings. The minimum atomic E-state index is -0.107. The molecule has 15 heavy (non-hydrogen) atoms. The Kier molecular flexibility index (Phi) is 2.94. The lowest BCUT2D eigenvalue weighted by Gasteiger charge is -2.01. The number of aliphatic hydroxyl groups excluding tert-OH is 1. The Bertz CT molecular complexity index is 457. The zero-order valence-corrected chi connectivity index (χ0v) is 8.59. The molecule has 0 atom stereocenters. The first kappa shape index (κ1) is 10.1. The summed E-state index contributed by atoms with van der Waals surface area (Å²) in [6.45, 7) is 0.415. The molecule has 2 aromatic rings. The second kappa shape index (κ2) is 4.37. The molecule has 0 spiro atoms. The third kappa shape index (κ3) is 2.31. The number of nitrogens with zero attached hydrogens (tertiary/aromatic N) is 4. The van der Waals surface area contributed by atoms with Gasteiger partial charge in [-0.25, -0.2) is 4.68 Å². The van der Waals surface area contributed by atoms with Gasteiger partial charge < -0.3 is 5.11 Å². The quantitative estimate of drug-likeness (QED) is 0.840. The maximum Gasteiger partial charge on any atom is 0.108 e. The van der Waals surface area contributed by atoms with Gasteiger partial charge in [-0.1, -0.05) is 16.8 Å². The fourth-order valence-electron chi connectivity index (χ4n) is 1.20. The van der Waals surface area contributed by atoms with E-state index in [1.807, 2.05) is 6.07 Å². The normalized spacial score (nSPS) is 10.5. The van der Waals surface area contributed by atoms with Crippen LogP contribution in [-0.4, -0.2) is 25.1 Å². The van der Waals surface area contributed by atoms with Crippen LogP contribution >= 0.6 is 11.6 Å². The van der Waals surface area contributed by atoms with Gasteiger partial charge in [-0.2, -0.15) is 0 Å². The van der Waals surface area contributed by atoms with E-state index in [1.165, 1.54) is 0 Å². The summed E-state index contributed by atoms with van der Waals surface area (Å²) in [5.41, 5.74) is 1.46. The van der Waals surface area contributed by atoms with Crippen LogP contribution in [0.5, 0.6) is 0 Å². The van der Waals surface area contributed by atoms with Gasteiger partial charge in [0.15, 0.2) is 0 Å². The topological polar surface area (TPSA) is 63.8 Å². The van der Waals surface area contributed by atoms with Gasteiger partial charge in [-0.05, 0) is 11.6 Å². The third-order valence-corrected chi connectivity index (χ3v) is 2.28. The predicted molar refractivity (Wildman–Crippen MR) is 54.3 cm³/mol. The van der Waals surface area contributed by atoms with Gasteiger partial charge >= 0.3 is 0 Å². The summed E-state index contributed by atoms with van der Waals surface area (Å²) in [6.07, 6.45) is 4.93. The van der Waals surface area contributed by atoms with Crippen molar-refractivity contribution in [2.45, 2.75) is 13.2 Å². The van der Waals surface area contributed by atoms with Gasteiger partial charge in [0.1, 0.15) is 5.69 Å². The van der Waals surface area contributed by atoms with Crippen molar-refractivity contribution in [3.63, 3.8) is 0 Å². The molecule has 0 unspecified atom stereocenters. The van der Waals surface area contributed by atoms with E-state index in [-0.39, 0.29) is 6.61 Å². The van der Waals surface area contributed by atoms with E-state index in [0.29, 0.717) is 17.3 Å². The molecule has 0 aliphatic heterocycles. The number of aliphatic hydroxyl groups is 1. The standard InChI is InChI=1S/C9H9ClN4O/c10-9-3-11-2-1-7(9)4-14-5-8(6-15)12-13-14/h1-3,5,15H,4,6H2. The molecule has 78 valence electrons. The molecule has 0 saturated carbocycles. The van der Waals surface area contributed by atoms with Crippen LogP contribution in [0.1, 0.15) is 11.3 Å². The van der Waals surface area contributed by atoms with E-state index in [1.54, 1.807) is 23.3 Å². The molecule has 0 aliphatic carbocycles. The molecule has 2 aromatic heterocycles. The summed E-state index contributed by atoms with van der Waals surface area (Å²) in [7, 11) is 0. The van der Waals surface area contributed by atoms with Crippen LogP contribution in [0, 0.1) is 0 Å². The van der Waals surface area contributed by atoms with E-state index in [0.717, 1.165) is 5.56 Å². The SMILES string of the molecule is OCc1cn(Cc2ccncc2Cl)nn1. The lowest BCUT2D eigenvalue weighted by atomic mass is 10.3. The van der Waals surface area contributed by atoms with Crippen molar-refractivity contribution in [2.75, 3.05) is 0 Å². The van der Waals surface area contributed by atoms with Crippen LogP contribution in [0.15, 0.2) is 24.7 Å². The van der Waals surface area contributed by atoms with Crippen molar-refractivity contribution in [1.29, 1.82) is 0 Å². The first-order chi connectivity index (χ1) is 7.29. The summed E-state index contributed by atoms with van der Waals surface area (Å²) in [5.74, 6) is 0. The highest BCUT2D eigenvalue weighted by atomic mass is 35.5. The first-order valence-corrected chi connectivity index (χ1v) is 4.75. The Hall–Kier alpha value is -1.46. The largest absolute Gasteiger partial charge is 0.390 e. The molecule has 0 saturated heterocycles. The number of hydrogen-bond acceptors (Lipinski definition) is 4. The number of aromatic nitrogens is 4. The molecular weight excluding hydrogens is 216 g/mol. The van der Waals surface area contributed by atoms with Crippen molar-refractivity contribution < 1.29 is 5.11 Å². The highest BCUT2D eigenvalue weighted by molar-refractivity contribution is 6.31. The summed E-state index contributed by atoms with van der Waals surface area (Å²) in [5, 5.41) is 17.0. The summed E-state index contributed by atoms with van der Waals surface area (Å²) in [4.78, 5) is 3.89. The van der Waals surface area contributed by atoms with Crippen LogP contribution in [0.4, 0.5) is 0 Å². The van der Waals surface area contributed by atoms with Crippen molar-refractivity contribution in [1.82, 2.24) is 20.0 Å². The van der Waals surface area contributed by atoms with Gasteiger partial charge in [0.2, 0.25) is 0 Å². The fourth-order valence-corrected chi connectivity index (χ4v) is 1.37. The molecule has 0 aromatic carbocycles. The number of pyridine rings is 1. The Morgan fingerprint density at radius 1 is 1.47 bits per heavy atom.